The Bertz CT molecular complexity index is 1270. The molecule has 4 rings (SSSR count). The lowest BCUT2D eigenvalue weighted by molar-refractivity contribution is -0.142. The molecule has 3 aromatic rings. The number of carbonyl (C=O) groups is 1. The Morgan fingerprint density at radius 3 is 2.68 bits per heavy atom. The number of aromatic amines is 1. The number of sulfonamides is 1. The molecule has 1 aromatic heterocycles. The summed E-state index contributed by atoms with van der Waals surface area (Å²) in [6.07, 6.45) is 1.18. The number of aromatic nitrogens is 1. The van der Waals surface area contributed by atoms with E-state index in [1.807, 2.05) is 24.3 Å². The first-order chi connectivity index (χ1) is 14.7. The number of nitrogens with one attached hydrogen (secondary N) is 1. The quantitative estimate of drug-likeness (QED) is 0.596. The molecule has 1 aliphatic heterocycles. The van der Waals surface area contributed by atoms with Gasteiger partial charge in [0.15, 0.2) is 5.58 Å². The van der Waals surface area contributed by atoms with Gasteiger partial charge in [0.2, 0.25) is 10.0 Å². The summed E-state index contributed by atoms with van der Waals surface area (Å²) in [5, 5.41) is 9.16. The first-order valence-corrected chi connectivity index (χ1v) is 11.3. The van der Waals surface area contributed by atoms with Crippen LogP contribution in [0.5, 0.6) is 0 Å². The van der Waals surface area contributed by atoms with Crippen LogP contribution in [0.25, 0.3) is 11.1 Å². The van der Waals surface area contributed by atoms with Crippen LogP contribution in [0, 0.1) is 5.92 Å². The molecule has 2 aromatic carbocycles. The van der Waals surface area contributed by atoms with Crippen LogP contribution in [0.2, 0.25) is 0 Å². The lowest BCUT2D eigenvalue weighted by atomic mass is 9.96. The maximum Gasteiger partial charge on any atom is 0.417 e. The van der Waals surface area contributed by atoms with Crippen LogP contribution in [-0.4, -0.2) is 48.9 Å². The largest absolute Gasteiger partial charge is 0.481 e. The summed E-state index contributed by atoms with van der Waals surface area (Å²) in [6, 6.07) is 11.9. The van der Waals surface area contributed by atoms with Crippen LogP contribution in [0.1, 0.15) is 18.4 Å². The Labute approximate surface area is 178 Å². The van der Waals surface area contributed by atoms with Crippen molar-refractivity contribution in [2.45, 2.75) is 24.3 Å². The first-order valence-electron chi connectivity index (χ1n) is 9.90. The molecular formula is C21H23N3O6S. The number of fused-ring (bicyclic) bond motifs is 1. The van der Waals surface area contributed by atoms with Crippen molar-refractivity contribution in [2.75, 3.05) is 25.0 Å². The van der Waals surface area contributed by atoms with Crippen molar-refractivity contribution in [3.05, 3.63) is 58.6 Å². The second kappa shape index (κ2) is 8.20. The van der Waals surface area contributed by atoms with E-state index < -0.39 is 21.7 Å². The van der Waals surface area contributed by atoms with E-state index in [4.69, 9.17) is 9.52 Å². The number of rotatable bonds is 6. The molecule has 9 nitrogen and oxygen atoms in total. The zero-order valence-electron chi connectivity index (χ0n) is 16.9. The second-order valence-electron chi connectivity index (χ2n) is 7.70. The van der Waals surface area contributed by atoms with Crippen molar-refractivity contribution in [1.82, 2.24) is 9.29 Å². The number of nitrogens with zero attached hydrogens (tertiary/aromatic N) is 2. The number of hydrogen-bond donors (Lipinski definition) is 2. The van der Waals surface area contributed by atoms with Gasteiger partial charge in [-0.2, -0.15) is 4.31 Å². The maximum absolute atomic E-state index is 13.0. The molecule has 1 aliphatic rings. The van der Waals surface area contributed by atoms with Crippen LogP contribution < -0.4 is 10.7 Å². The highest BCUT2D eigenvalue weighted by atomic mass is 32.2. The summed E-state index contributed by atoms with van der Waals surface area (Å²) in [5.41, 5.74) is 2.39. The molecule has 0 aliphatic carbocycles. The molecule has 0 saturated carbocycles. The molecule has 31 heavy (non-hydrogen) atoms. The lowest BCUT2D eigenvalue weighted by Gasteiger charge is -2.32. The molecule has 0 spiro atoms. The van der Waals surface area contributed by atoms with E-state index in [-0.39, 0.29) is 22.9 Å². The number of anilines is 1. The van der Waals surface area contributed by atoms with Crippen molar-refractivity contribution in [3.8, 4) is 0 Å². The van der Waals surface area contributed by atoms with E-state index in [2.05, 4.69) is 9.88 Å². The predicted octanol–water partition coefficient (Wildman–Crippen LogP) is 2.24. The van der Waals surface area contributed by atoms with Gasteiger partial charge in [-0.15, -0.1) is 0 Å². The van der Waals surface area contributed by atoms with Gasteiger partial charge in [0.05, 0.1) is 16.3 Å². The molecule has 164 valence electrons. The molecule has 0 amide bonds. The van der Waals surface area contributed by atoms with Crippen LogP contribution in [0.15, 0.2) is 56.6 Å². The smallest absolute Gasteiger partial charge is 0.417 e. The van der Waals surface area contributed by atoms with Gasteiger partial charge in [-0.25, -0.2) is 13.2 Å². The number of H-pyrrole nitrogens is 1. The highest BCUT2D eigenvalue weighted by Gasteiger charge is 2.25. The van der Waals surface area contributed by atoms with Crippen LogP contribution in [0.4, 0.5) is 5.69 Å². The Morgan fingerprint density at radius 1 is 1.23 bits per heavy atom. The minimum absolute atomic E-state index is 0.0390. The van der Waals surface area contributed by atoms with Crippen molar-refractivity contribution in [2.24, 2.45) is 5.92 Å². The third-order valence-electron chi connectivity index (χ3n) is 5.63. The Balaban J connectivity index is 1.50. The second-order valence-corrected chi connectivity index (χ2v) is 9.75. The van der Waals surface area contributed by atoms with Gasteiger partial charge in [0, 0.05) is 38.4 Å². The standard InChI is InChI=1S/C21H23N3O6S/c1-23(31(28,29)17-5-6-18-19(12-17)30-21(27)22-18)13-14-3-2-4-16(11-14)24-9-7-15(8-10-24)20(25)26/h2-6,11-12,15H,7-10,13H2,1H3,(H,22,27)(H,25,26). The van der Waals surface area contributed by atoms with Gasteiger partial charge < -0.3 is 14.4 Å². The van der Waals surface area contributed by atoms with Gasteiger partial charge in [-0.3, -0.25) is 9.78 Å². The van der Waals surface area contributed by atoms with Crippen LogP contribution in [-0.2, 0) is 21.4 Å². The number of carboxylic acids is 1. The van der Waals surface area contributed by atoms with Crippen molar-refractivity contribution >= 4 is 32.8 Å². The number of hydrogen-bond acceptors (Lipinski definition) is 6. The average molecular weight is 445 g/mol. The van der Waals surface area contributed by atoms with Gasteiger partial charge in [0.25, 0.3) is 0 Å². The summed E-state index contributed by atoms with van der Waals surface area (Å²) in [5.74, 6) is -1.70. The SMILES string of the molecule is CN(Cc1cccc(N2CCC(C(=O)O)CC2)c1)S(=O)(=O)c1ccc2[nH]c(=O)oc2c1. The van der Waals surface area contributed by atoms with Gasteiger partial charge in [-0.1, -0.05) is 12.1 Å². The summed E-state index contributed by atoms with van der Waals surface area (Å²) in [6.45, 7) is 1.46. The summed E-state index contributed by atoms with van der Waals surface area (Å²) < 4.78 is 32.2. The van der Waals surface area contributed by atoms with Gasteiger partial charge >= 0.3 is 11.7 Å². The van der Waals surface area contributed by atoms with Crippen molar-refractivity contribution < 1.29 is 22.7 Å². The number of oxazole rings is 1. The van der Waals surface area contributed by atoms with Crippen LogP contribution >= 0.6 is 0 Å². The molecule has 2 N–H and O–H groups in total. The average Bonchev–Trinajstić information content (AvgIpc) is 3.13. The zero-order valence-corrected chi connectivity index (χ0v) is 17.8. The third kappa shape index (κ3) is 4.35. The Morgan fingerprint density at radius 2 is 1.97 bits per heavy atom. The highest BCUT2D eigenvalue weighted by Crippen LogP contribution is 2.26. The van der Waals surface area contributed by atoms with E-state index in [9.17, 15) is 18.0 Å². The fraction of sp³-hybridized carbons (Fsp3) is 0.333. The predicted molar refractivity (Wildman–Crippen MR) is 115 cm³/mol. The van der Waals surface area contributed by atoms with E-state index in [1.165, 1.54) is 29.6 Å². The fourth-order valence-corrected chi connectivity index (χ4v) is 5.02. The Kier molecular flexibility index (Phi) is 5.59. The normalized spacial score (nSPS) is 15.6. The van der Waals surface area contributed by atoms with Crippen LogP contribution in [0.3, 0.4) is 0 Å². The lowest BCUT2D eigenvalue weighted by Crippen LogP contribution is -2.36. The molecule has 10 heteroatoms. The van der Waals surface area contributed by atoms with Gasteiger partial charge in [-0.05, 0) is 42.7 Å². The molecule has 2 heterocycles. The number of aliphatic carboxylic acids is 1. The van der Waals surface area contributed by atoms with E-state index in [0.29, 0.717) is 31.4 Å². The molecular weight excluding hydrogens is 422 g/mol. The maximum atomic E-state index is 13.0. The van der Waals surface area contributed by atoms with E-state index in [0.717, 1.165) is 11.3 Å². The van der Waals surface area contributed by atoms with E-state index in [1.54, 1.807) is 0 Å². The topological polar surface area (TPSA) is 124 Å². The van der Waals surface area contributed by atoms with Crippen molar-refractivity contribution in [3.63, 3.8) is 0 Å². The minimum Gasteiger partial charge on any atom is -0.481 e. The molecule has 1 saturated heterocycles. The molecule has 0 atom stereocenters. The van der Waals surface area contributed by atoms with Gasteiger partial charge in [0.1, 0.15) is 0 Å². The summed E-state index contributed by atoms with van der Waals surface area (Å²) in [4.78, 5) is 27.1. The Hall–Kier alpha value is -3.11. The molecule has 1 fully saturated rings. The minimum atomic E-state index is -3.80. The summed E-state index contributed by atoms with van der Waals surface area (Å²) >= 11 is 0. The monoisotopic (exact) mass is 445 g/mol. The zero-order chi connectivity index (χ0) is 22.2. The fourth-order valence-electron chi connectivity index (χ4n) is 3.84. The third-order valence-corrected chi connectivity index (χ3v) is 7.43. The summed E-state index contributed by atoms with van der Waals surface area (Å²) in [7, 11) is -2.30. The van der Waals surface area contributed by atoms with Crippen molar-refractivity contribution in [1.29, 1.82) is 0 Å². The number of benzene rings is 2. The molecule has 0 unspecified atom stereocenters. The highest BCUT2D eigenvalue weighted by molar-refractivity contribution is 7.89. The number of piperidine rings is 1. The molecule has 0 bridgehead atoms. The number of carboxylic acid groups (broad SMARTS) is 1. The molecule has 0 radical (unpaired) electrons. The first kappa shape index (κ1) is 21.1. The van der Waals surface area contributed by atoms with E-state index >= 15 is 0 Å².